The van der Waals surface area contributed by atoms with E-state index < -0.39 is 10.4 Å². The molecule has 0 aliphatic rings. The number of non-ortho nitro benzene ring substituents is 1. The molecule has 0 atom stereocenters. The minimum atomic E-state index is -0.506. The molecule has 1 aromatic heterocycles. The molecule has 0 amide bonds. The Balaban J connectivity index is 2.11. The van der Waals surface area contributed by atoms with Gasteiger partial charge in [-0.05, 0) is 5.56 Å². The molecule has 0 saturated carbocycles. The quantitative estimate of drug-likeness (QED) is 0.658. The number of hydrogen-bond acceptors (Lipinski definition) is 6. The SMILES string of the molecule is O=c1cc(CO)occ1OCc1cccc([N+](=O)[O-])c1. The number of aliphatic hydroxyl groups is 1. The molecule has 7 nitrogen and oxygen atoms in total. The lowest BCUT2D eigenvalue weighted by Gasteiger charge is -2.05. The van der Waals surface area contributed by atoms with Crippen LogP contribution in [0.1, 0.15) is 11.3 Å². The van der Waals surface area contributed by atoms with Gasteiger partial charge in [-0.1, -0.05) is 12.1 Å². The zero-order valence-electron chi connectivity index (χ0n) is 10.3. The van der Waals surface area contributed by atoms with E-state index in [-0.39, 0.29) is 30.4 Å². The highest BCUT2D eigenvalue weighted by atomic mass is 16.6. The molecular formula is C13H11NO6. The van der Waals surface area contributed by atoms with E-state index in [0.29, 0.717) is 5.56 Å². The number of aliphatic hydroxyl groups excluding tert-OH is 1. The van der Waals surface area contributed by atoms with Gasteiger partial charge in [0.2, 0.25) is 11.2 Å². The van der Waals surface area contributed by atoms with Crippen LogP contribution in [0.15, 0.2) is 45.8 Å². The summed E-state index contributed by atoms with van der Waals surface area (Å²) in [4.78, 5) is 21.7. The Morgan fingerprint density at radius 3 is 2.80 bits per heavy atom. The summed E-state index contributed by atoms with van der Waals surface area (Å²) in [5.74, 6) is 0.117. The summed E-state index contributed by atoms with van der Waals surface area (Å²) >= 11 is 0. The van der Waals surface area contributed by atoms with Crippen molar-refractivity contribution in [3.8, 4) is 5.75 Å². The molecule has 2 aromatic rings. The lowest BCUT2D eigenvalue weighted by molar-refractivity contribution is -0.384. The molecule has 1 heterocycles. The molecule has 0 unspecified atom stereocenters. The van der Waals surface area contributed by atoms with Gasteiger partial charge in [0.05, 0.1) is 4.92 Å². The first kappa shape index (κ1) is 13.8. The lowest BCUT2D eigenvalue weighted by Crippen LogP contribution is -2.08. The van der Waals surface area contributed by atoms with Crippen LogP contribution in [-0.4, -0.2) is 10.0 Å². The molecule has 0 radical (unpaired) electrons. The van der Waals surface area contributed by atoms with Crippen LogP contribution < -0.4 is 10.2 Å². The summed E-state index contributed by atoms with van der Waals surface area (Å²) in [6.07, 6.45) is 1.10. The second kappa shape index (κ2) is 5.98. The van der Waals surface area contributed by atoms with E-state index >= 15 is 0 Å². The maximum absolute atomic E-state index is 11.6. The van der Waals surface area contributed by atoms with E-state index in [2.05, 4.69) is 0 Å². The predicted octanol–water partition coefficient (Wildman–Crippen LogP) is 1.62. The van der Waals surface area contributed by atoms with Gasteiger partial charge >= 0.3 is 0 Å². The fourth-order valence-corrected chi connectivity index (χ4v) is 1.55. The number of nitro benzene ring substituents is 1. The first-order chi connectivity index (χ1) is 9.60. The Morgan fingerprint density at radius 2 is 2.15 bits per heavy atom. The van der Waals surface area contributed by atoms with Crippen molar-refractivity contribution in [3.63, 3.8) is 0 Å². The largest absolute Gasteiger partial charge is 0.482 e. The number of rotatable bonds is 5. The summed E-state index contributed by atoms with van der Waals surface area (Å²) in [6, 6.07) is 7.05. The molecule has 20 heavy (non-hydrogen) atoms. The molecule has 0 bridgehead atoms. The molecule has 1 aromatic carbocycles. The van der Waals surface area contributed by atoms with Gasteiger partial charge in [-0.3, -0.25) is 14.9 Å². The Kier molecular flexibility index (Phi) is 4.11. The van der Waals surface area contributed by atoms with Gasteiger partial charge < -0.3 is 14.3 Å². The van der Waals surface area contributed by atoms with Crippen LogP contribution in [0.4, 0.5) is 5.69 Å². The Bertz CT molecular complexity index is 679. The van der Waals surface area contributed by atoms with Gasteiger partial charge in [0, 0.05) is 18.2 Å². The molecule has 2 rings (SSSR count). The summed E-state index contributed by atoms with van der Waals surface area (Å²) in [7, 11) is 0. The number of ether oxygens (including phenoxy) is 1. The minimum Gasteiger partial charge on any atom is -0.482 e. The average molecular weight is 277 g/mol. The monoisotopic (exact) mass is 277 g/mol. The fraction of sp³-hybridized carbons (Fsp3) is 0.154. The van der Waals surface area contributed by atoms with Gasteiger partial charge in [0.25, 0.3) is 5.69 Å². The molecular weight excluding hydrogens is 266 g/mol. The first-order valence-electron chi connectivity index (χ1n) is 5.69. The van der Waals surface area contributed by atoms with Gasteiger partial charge in [0.1, 0.15) is 25.2 Å². The minimum absolute atomic E-state index is 0.00487. The Morgan fingerprint density at radius 1 is 1.35 bits per heavy atom. The number of nitro groups is 1. The van der Waals surface area contributed by atoms with Crippen molar-refractivity contribution in [1.29, 1.82) is 0 Å². The third-order valence-electron chi connectivity index (χ3n) is 2.52. The van der Waals surface area contributed by atoms with Crippen molar-refractivity contribution in [1.82, 2.24) is 0 Å². The Hall–Kier alpha value is -2.67. The van der Waals surface area contributed by atoms with Crippen molar-refractivity contribution in [3.05, 3.63) is 68.3 Å². The summed E-state index contributed by atoms with van der Waals surface area (Å²) in [5.41, 5.74) is 0.0873. The predicted molar refractivity (Wildman–Crippen MR) is 68.3 cm³/mol. The molecule has 1 N–H and O–H groups in total. The van der Waals surface area contributed by atoms with Crippen LogP contribution >= 0.6 is 0 Å². The van der Waals surface area contributed by atoms with E-state index in [1.54, 1.807) is 6.07 Å². The fourth-order valence-electron chi connectivity index (χ4n) is 1.55. The molecule has 0 aliphatic carbocycles. The van der Waals surface area contributed by atoms with E-state index in [1.807, 2.05) is 0 Å². The highest BCUT2D eigenvalue weighted by Crippen LogP contribution is 2.15. The van der Waals surface area contributed by atoms with Crippen LogP contribution in [-0.2, 0) is 13.2 Å². The normalized spacial score (nSPS) is 10.2. The Labute approximate surface area is 113 Å². The van der Waals surface area contributed by atoms with E-state index in [9.17, 15) is 14.9 Å². The topological polar surface area (TPSA) is 103 Å². The van der Waals surface area contributed by atoms with Crippen molar-refractivity contribution in [2.45, 2.75) is 13.2 Å². The molecule has 104 valence electrons. The first-order valence-corrected chi connectivity index (χ1v) is 5.69. The second-order valence-electron chi connectivity index (χ2n) is 3.95. The third kappa shape index (κ3) is 3.21. The van der Waals surface area contributed by atoms with Gasteiger partial charge in [-0.2, -0.15) is 0 Å². The van der Waals surface area contributed by atoms with E-state index in [0.717, 1.165) is 12.3 Å². The maximum atomic E-state index is 11.6. The van der Waals surface area contributed by atoms with Crippen LogP contribution in [0.3, 0.4) is 0 Å². The number of benzene rings is 1. The third-order valence-corrected chi connectivity index (χ3v) is 2.52. The molecule has 0 saturated heterocycles. The van der Waals surface area contributed by atoms with Crippen molar-refractivity contribution < 1.29 is 19.2 Å². The number of hydrogen-bond donors (Lipinski definition) is 1. The van der Waals surface area contributed by atoms with Crippen LogP contribution in [0.25, 0.3) is 0 Å². The highest BCUT2D eigenvalue weighted by molar-refractivity contribution is 5.34. The zero-order valence-corrected chi connectivity index (χ0v) is 10.3. The standard InChI is InChI=1S/C13H11NO6/c15-6-11-5-12(16)13(8-19-11)20-7-9-2-1-3-10(4-9)14(17)18/h1-5,8,15H,6-7H2. The van der Waals surface area contributed by atoms with Crippen LogP contribution in [0.2, 0.25) is 0 Å². The van der Waals surface area contributed by atoms with E-state index in [1.165, 1.54) is 18.2 Å². The van der Waals surface area contributed by atoms with Gasteiger partial charge in [-0.15, -0.1) is 0 Å². The van der Waals surface area contributed by atoms with Gasteiger partial charge in [0.15, 0.2) is 0 Å². The van der Waals surface area contributed by atoms with Crippen molar-refractivity contribution in [2.24, 2.45) is 0 Å². The van der Waals surface area contributed by atoms with Crippen LogP contribution in [0.5, 0.6) is 5.75 Å². The average Bonchev–Trinajstić information content (AvgIpc) is 2.46. The molecule has 0 aliphatic heterocycles. The van der Waals surface area contributed by atoms with Crippen molar-refractivity contribution >= 4 is 5.69 Å². The summed E-state index contributed by atoms with van der Waals surface area (Å²) < 4.78 is 10.2. The maximum Gasteiger partial charge on any atom is 0.269 e. The zero-order chi connectivity index (χ0) is 14.5. The van der Waals surface area contributed by atoms with E-state index in [4.69, 9.17) is 14.3 Å². The second-order valence-corrected chi connectivity index (χ2v) is 3.95. The van der Waals surface area contributed by atoms with Crippen LogP contribution in [0, 0.1) is 10.1 Å². The molecule has 0 spiro atoms. The summed E-state index contributed by atoms with van der Waals surface area (Å²) in [5, 5.41) is 19.4. The molecule has 0 fully saturated rings. The smallest absolute Gasteiger partial charge is 0.269 e. The highest BCUT2D eigenvalue weighted by Gasteiger charge is 2.08. The van der Waals surface area contributed by atoms with Crippen molar-refractivity contribution in [2.75, 3.05) is 0 Å². The van der Waals surface area contributed by atoms with Gasteiger partial charge in [-0.25, -0.2) is 0 Å². The summed E-state index contributed by atoms with van der Waals surface area (Å²) in [6.45, 7) is -0.370. The number of nitrogens with zero attached hydrogens (tertiary/aromatic N) is 1. The lowest BCUT2D eigenvalue weighted by atomic mass is 10.2. The molecule has 7 heteroatoms.